The van der Waals surface area contributed by atoms with Gasteiger partial charge < -0.3 is 25.4 Å². The predicted molar refractivity (Wildman–Crippen MR) is 117 cm³/mol. The lowest BCUT2D eigenvalue weighted by atomic mass is 9.94. The fourth-order valence-electron chi connectivity index (χ4n) is 4.50. The van der Waals surface area contributed by atoms with Crippen LogP contribution >= 0.6 is 0 Å². The maximum Gasteiger partial charge on any atom is 0.226 e. The molecule has 176 valence electrons. The van der Waals surface area contributed by atoms with Crippen molar-refractivity contribution in [3.05, 3.63) is 30.1 Å². The molecule has 2 atom stereocenters. The molecule has 1 saturated carbocycles. The monoisotopic (exact) mass is 446 g/mol. The van der Waals surface area contributed by atoms with Gasteiger partial charge in [-0.2, -0.15) is 0 Å². The number of hydrogen-bond acceptors (Lipinski definition) is 6. The van der Waals surface area contributed by atoms with Gasteiger partial charge in [-0.15, -0.1) is 0 Å². The summed E-state index contributed by atoms with van der Waals surface area (Å²) in [7, 11) is 1.73. The Balaban J connectivity index is 1.34. The first-order valence-corrected chi connectivity index (χ1v) is 11.4. The standard InChI is InChI=1S/C23H34N4O5/c1-27-21(29)14-19(22(27)16-4-2-10-25-15-16)23(30)26-11-13-32-18-8-6-17(7-9-18)31-12-3-5-20(24)28/h2,4,10,15,17-19,22H,3,5-9,11-14H2,1H3,(H2,24,28)(H,26,30)/t17?,18?,19-,22+/m0/s1. The number of primary amides is 1. The van der Waals surface area contributed by atoms with Gasteiger partial charge in [-0.05, 0) is 43.7 Å². The lowest BCUT2D eigenvalue weighted by molar-refractivity contribution is -0.128. The number of nitrogens with zero attached hydrogens (tertiary/aromatic N) is 2. The highest BCUT2D eigenvalue weighted by molar-refractivity contribution is 5.90. The molecule has 0 unspecified atom stereocenters. The number of pyridine rings is 1. The van der Waals surface area contributed by atoms with Crippen molar-refractivity contribution in [3.8, 4) is 0 Å². The van der Waals surface area contributed by atoms with Crippen molar-refractivity contribution in [3.63, 3.8) is 0 Å². The van der Waals surface area contributed by atoms with E-state index in [1.54, 1.807) is 24.3 Å². The second-order valence-corrected chi connectivity index (χ2v) is 8.55. The van der Waals surface area contributed by atoms with E-state index >= 15 is 0 Å². The summed E-state index contributed by atoms with van der Waals surface area (Å²) in [4.78, 5) is 41.5. The summed E-state index contributed by atoms with van der Waals surface area (Å²) in [5, 5.41) is 2.93. The van der Waals surface area contributed by atoms with Crippen molar-refractivity contribution in [2.24, 2.45) is 11.7 Å². The minimum atomic E-state index is -0.432. The van der Waals surface area contributed by atoms with Gasteiger partial charge in [0.25, 0.3) is 0 Å². The Morgan fingerprint density at radius 2 is 1.88 bits per heavy atom. The molecule has 0 aromatic carbocycles. The third-order valence-corrected chi connectivity index (χ3v) is 6.25. The number of carbonyl (C=O) groups is 3. The molecule has 2 heterocycles. The smallest absolute Gasteiger partial charge is 0.226 e. The summed E-state index contributed by atoms with van der Waals surface area (Å²) >= 11 is 0. The van der Waals surface area contributed by atoms with Crippen LogP contribution in [0.3, 0.4) is 0 Å². The molecule has 1 aromatic heterocycles. The van der Waals surface area contributed by atoms with Gasteiger partial charge in [0.1, 0.15) is 0 Å². The first kappa shape index (κ1) is 24.1. The quantitative estimate of drug-likeness (QED) is 0.494. The first-order chi connectivity index (χ1) is 15.5. The zero-order valence-corrected chi connectivity index (χ0v) is 18.7. The third-order valence-electron chi connectivity index (χ3n) is 6.25. The number of aromatic nitrogens is 1. The van der Waals surface area contributed by atoms with E-state index in [-0.39, 0.29) is 42.4 Å². The van der Waals surface area contributed by atoms with Gasteiger partial charge in [-0.25, -0.2) is 0 Å². The molecule has 1 aliphatic carbocycles. The molecule has 3 amide bonds. The Morgan fingerprint density at radius 1 is 1.19 bits per heavy atom. The fourth-order valence-corrected chi connectivity index (χ4v) is 4.50. The molecule has 1 aromatic rings. The van der Waals surface area contributed by atoms with Gasteiger partial charge >= 0.3 is 0 Å². The van der Waals surface area contributed by atoms with Crippen LogP contribution in [0.5, 0.6) is 0 Å². The van der Waals surface area contributed by atoms with E-state index in [0.717, 1.165) is 31.2 Å². The molecule has 3 N–H and O–H groups in total. The molecule has 9 nitrogen and oxygen atoms in total. The predicted octanol–water partition coefficient (Wildman–Crippen LogP) is 1.33. The molecule has 2 aliphatic rings. The minimum Gasteiger partial charge on any atom is -0.378 e. The van der Waals surface area contributed by atoms with Gasteiger partial charge in [0.15, 0.2) is 0 Å². The van der Waals surface area contributed by atoms with Gasteiger partial charge in [0, 0.05) is 45.4 Å². The number of likely N-dealkylation sites (tertiary alicyclic amines) is 1. The number of carbonyl (C=O) groups excluding carboxylic acids is 3. The first-order valence-electron chi connectivity index (χ1n) is 11.4. The summed E-state index contributed by atoms with van der Waals surface area (Å²) in [6, 6.07) is 3.42. The summed E-state index contributed by atoms with van der Waals surface area (Å²) in [6.07, 6.45) is 8.67. The van der Waals surface area contributed by atoms with Crippen LogP contribution in [0.25, 0.3) is 0 Å². The van der Waals surface area contributed by atoms with Crippen LogP contribution in [-0.2, 0) is 23.9 Å². The van der Waals surface area contributed by atoms with Crippen LogP contribution in [0.15, 0.2) is 24.5 Å². The van der Waals surface area contributed by atoms with Crippen molar-refractivity contribution >= 4 is 17.7 Å². The SMILES string of the molecule is CN1C(=O)C[C@H](C(=O)NCCOC2CCC(OCCCC(N)=O)CC2)[C@H]1c1cccnc1. The molecule has 32 heavy (non-hydrogen) atoms. The van der Waals surface area contributed by atoms with E-state index in [0.29, 0.717) is 32.6 Å². The van der Waals surface area contributed by atoms with Crippen molar-refractivity contribution in [1.82, 2.24) is 15.2 Å². The Hall–Kier alpha value is -2.52. The maximum atomic E-state index is 12.8. The molecule has 3 rings (SSSR count). The summed E-state index contributed by atoms with van der Waals surface area (Å²) < 4.78 is 11.7. The Bertz CT molecular complexity index is 767. The van der Waals surface area contributed by atoms with E-state index < -0.39 is 5.92 Å². The van der Waals surface area contributed by atoms with E-state index in [1.165, 1.54) is 0 Å². The van der Waals surface area contributed by atoms with E-state index in [9.17, 15) is 14.4 Å². The maximum absolute atomic E-state index is 12.8. The molecule has 0 spiro atoms. The Morgan fingerprint density at radius 3 is 2.50 bits per heavy atom. The summed E-state index contributed by atoms with van der Waals surface area (Å²) in [5.74, 6) is -0.895. The fraction of sp³-hybridized carbons (Fsp3) is 0.652. The molecule has 0 radical (unpaired) electrons. The number of rotatable bonds is 11. The lowest BCUT2D eigenvalue weighted by Gasteiger charge is -2.29. The molecule has 1 saturated heterocycles. The zero-order valence-electron chi connectivity index (χ0n) is 18.7. The number of nitrogens with one attached hydrogen (secondary N) is 1. The van der Waals surface area contributed by atoms with Crippen molar-refractivity contribution in [1.29, 1.82) is 0 Å². The van der Waals surface area contributed by atoms with Crippen LogP contribution in [0.1, 0.15) is 56.6 Å². The average molecular weight is 447 g/mol. The van der Waals surface area contributed by atoms with E-state index in [1.807, 2.05) is 12.1 Å². The number of ether oxygens (including phenoxy) is 2. The van der Waals surface area contributed by atoms with Crippen LogP contribution in [-0.4, -0.2) is 66.6 Å². The number of amides is 3. The normalized spacial score (nSPS) is 25.7. The van der Waals surface area contributed by atoms with Crippen molar-refractivity contribution in [2.45, 2.75) is 63.2 Å². The third kappa shape index (κ3) is 6.74. The van der Waals surface area contributed by atoms with Gasteiger partial charge in [-0.1, -0.05) is 6.07 Å². The van der Waals surface area contributed by atoms with Crippen molar-refractivity contribution in [2.75, 3.05) is 26.8 Å². The molecule has 0 bridgehead atoms. The topological polar surface area (TPSA) is 124 Å². The highest BCUT2D eigenvalue weighted by Crippen LogP contribution is 2.36. The number of hydrogen-bond donors (Lipinski definition) is 2. The van der Waals surface area contributed by atoms with Gasteiger partial charge in [0.2, 0.25) is 17.7 Å². The van der Waals surface area contributed by atoms with E-state index in [4.69, 9.17) is 15.2 Å². The van der Waals surface area contributed by atoms with Crippen molar-refractivity contribution < 1.29 is 23.9 Å². The van der Waals surface area contributed by atoms with Gasteiger partial charge in [0.05, 0.1) is 30.8 Å². The van der Waals surface area contributed by atoms with Crippen LogP contribution in [0, 0.1) is 5.92 Å². The highest BCUT2D eigenvalue weighted by atomic mass is 16.5. The minimum absolute atomic E-state index is 0.0381. The van der Waals surface area contributed by atoms with E-state index in [2.05, 4.69) is 10.3 Å². The van der Waals surface area contributed by atoms with Gasteiger partial charge in [-0.3, -0.25) is 19.4 Å². The van der Waals surface area contributed by atoms with Crippen LogP contribution < -0.4 is 11.1 Å². The summed E-state index contributed by atoms with van der Waals surface area (Å²) in [6.45, 7) is 1.41. The largest absolute Gasteiger partial charge is 0.378 e. The molecule has 1 aliphatic heterocycles. The Kier molecular flexibility index (Phi) is 8.99. The summed E-state index contributed by atoms with van der Waals surface area (Å²) in [5.41, 5.74) is 6.00. The molecule has 9 heteroatoms. The molecular weight excluding hydrogens is 412 g/mol. The number of nitrogens with two attached hydrogens (primary N) is 1. The molecule has 2 fully saturated rings. The lowest BCUT2D eigenvalue weighted by Crippen LogP contribution is -2.37. The molecular formula is C23H34N4O5. The van der Waals surface area contributed by atoms with Crippen LogP contribution in [0.2, 0.25) is 0 Å². The zero-order chi connectivity index (χ0) is 22.9. The Labute approximate surface area is 189 Å². The van der Waals surface area contributed by atoms with Crippen LogP contribution in [0.4, 0.5) is 0 Å². The average Bonchev–Trinajstić information content (AvgIpc) is 3.10. The highest BCUT2D eigenvalue weighted by Gasteiger charge is 2.42. The second-order valence-electron chi connectivity index (χ2n) is 8.55. The second kappa shape index (κ2) is 11.9.